The molecule has 34 heavy (non-hydrogen) atoms. The summed E-state index contributed by atoms with van der Waals surface area (Å²) in [6, 6.07) is 11.0. The van der Waals surface area contributed by atoms with Crippen LogP contribution < -0.4 is 25.7 Å². The maximum absolute atomic E-state index is 12.6. The molecule has 1 aliphatic heterocycles. The van der Waals surface area contributed by atoms with Crippen LogP contribution in [0, 0.1) is 6.92 Å². The number of esters is 1. The number of fused-ring (bicyclic) bond motifs is 1. The van der Waals surface area contributed by atoms with Crippen molar-refractivity contribution in [1.29, 1.82) is 0 Å². The van der Waals surface area contributed by atoms with Gasteiger partial charge in [0, 0.05) is 42.7 Å². The fraction of sp³-hybridized carbons (Fsp3) is 0.320. The Hall–Kier alpha value is -3.85. The average molecular weight is 466 g/mol. The predicted octanol–water partition coefficient (Wildman–Crippen LogP) is 4.14. The quantitative estimate of drug-likeness (QED) is 0.331. The van der Waals surface area contributed by atoms with Crippen molar-refractivity contribution in [3.63, 3.8) is 0 Å². The summed E-state index contributed by atoms with van der Waals surface area (Å²) in [5, 5.41) is 5.78. The summed E-state index contributed by atoms with van der Waals surface area (Å²) >= 11 is 0. The largest absolute Gasteiger partial charge is 0.490 e. The first-order chi connectivity index (χ1) is 16.3. The molecule has 1 aliphatic rings. The number of nitrogens with zero attached hydrogens (tertiary/aromatic N) is 1. The van der Waals surface area contributed by atoms with E-state index in [1.165, 1.54) is 13.0 Å². The van der Waals surface area contributed by atoms with E-state index >= 15 is 0 Å². The van der Waals surface area contributed by atoms with Gasteiger partial charge in [-0.25, -0.2) is 9.59 Å². The van der Waals surface area contributed by atoms with Gasteiger partial charge in [-0.05, 0) is 57.1 Å². The number of aryl methyl sites for hydroxylation is 1. The van der Waals surface area contributed by atoms with Crippen LogP contribution in [0.5, 0.6) is 11.5 Å². The van der Waals surface area contributed by atoms with Gasteiger partial charge in [-0.2, -0.15) is 0 Å². The van der Waals surface area contributed by atoms with Gasteiger partial charge in [0.25, 0.3) is 0 Å². The standard InChI is InChI=1S/C25H27N3O6/c1-15-22(33-19-9-11-28(3)12-10-19)8-7-17-13-21(24(30)34-23(15)17)27-25(31)26-18-5-4-6-20(14-18)32-16(2)29/h4-8,13-14,19H,9-12H2,1-3H3,(H2,26,27,31). The van der Waals surface area contributed by atoms with Gasteiger partial charge in [0.1, 0.15) is 28.9 Å². The Morgan fingerprint density at radius 3 is 2.59 bits per heavy atom. The molecule has 9 nitrogen and oxygen atoms in total. The number of carbonyl (C=O) groups excluding carboxylic acids is 2. The molecule has 2 aromatic carbocycles. The number of ether oxygens (including phenoxy) is 2. The molecule has 2 amide bonds. The van der Waals surface area contributed by atoms with Gasteiger partial charge in [0.2, 0.25) is 0 Å². The van der Waals surface area contributed by atoms with E-state index in [1.54, 1.807) is 30.3 Å². The number of anilines is 2. The number of amides is 2. The van der Waals surface area contributed by atoms with Crippen molar-refractivity contribution in [3.8, 4) is 11.5 Å². The zero-order chi connectivity index (χ0) is 24.2. The molecule has 1 aromatic heterocycles. The van der Waals surface area contributed by atoms with Gasteiger partial charge in [-0.15, -0.1) is 0 Å². The Bertz CT molecular complexity index is 1280. The minimum absolute atomic E-state index is 0.00419. The minimum atomic E-state index is -0.671. The van der Waals surface area contributed by atoms with Gasteiger partial charge >= 0.3 is 17.6 Å². The Balaban J connectivity index is 1.48. The third-order valence-corrected chi connectivity index (χ3v) is 5.66. The lowest BCUT2D eigenvalue weighted by Gasteiger charge is -2.29. The van der Waals surface area contributed by atoms with E-state index < -0.39 is 17.6 Å². The number of urea groups is 1. The Labute approximate surface area is 196 Å². The molecule has 4 rings (SSSR count). The molecule has 0 aliphatic carbocycles. The van der Waals surface area contributed by atoms with E-state index in [0.717, 1.165) is 31.5 Å². The highest BCUT2D eigenvalue weighted by atomic mass is 16.5. The van der Waals surface area contributed by atoms with Crippen molar-refractivity contribution in [2.45, 2.75) is 32.8 Å². The SMILES string of the molecule is CC(=O)Oc1cccc(NC(=O)Nc2cc3ccc(OC4CCN(C)CC4)c(C)c3oc2=O)c1. The topological polar surface area (TPSA) is 110 Å². The Morgan fingerprint density at radius 1 is 1.09 bits per heavy atom. The monoisotopic (exact) mass is 465 g/mol. The molecular weight excluding hydrogens is 438 g/mol. The van der Waals surface area contributed by atoms with Crippen molar-refractivity contribution in [2.24, 2.45) is 0 Å². The first-order valence-electron chi connectivity index (χ1n) is 11.1. The zero-order valence-corrected chi connectivity index (χ0v) is 19.3. The van der Waals surface area contributed by atoms with E-state index in [-0.39, 0.29) is 11.8 Å². The van der Waals surface area contributed by atoms with Crippen LogP contribution in [0.15, 0.2) is 51.7 Å². The lowest BCUT2D eigenvalue weighted by atomic mass is 10.1. The molecule has 1 fully saturated rings. The fourth-order valence-corrected chi connectivity index (χ4v) is 3.89. The number of likely N-dealkylation sites (tertiary alicyclic amines) is 1. The first kappa shape index (κ1) is 23.3. The summed E-state index contributed by atoms with van der Waals surface area (Å²) in [5.74, 6) is 0.520. The van der Waals surface area contributed by atoms with Crippen molar-refractivity contribution in [2.75, 3.05) is 30.8 Å². The maximum atomic E-state index is 12.6. The number of hydrogen-bond acceptors (Lipinski definition) is 7. The predicted molar refractivity (Wildman–Crippen MR) is 129 cm³/mol. The van der Waals surface area contributed by atoms with Crippen LogP contribution in [0.1, 0.15) is 25.3 Å². The zero-order valence-electron chi connectivity index (χ0n) is 19.3. The lowest BCUT2D eigenvalue weighted by molar-refractivity contribution is -0.131. The van der Waals surface area contributed by atoms with E-state index in [0.29, 0.717) is 28.2 Å². The van der Waals surface area contributed by atoms with Gasteiger partial charge in [0.15, 0.2) is 0 Å². The van der Waals surface area contributed by atoms with E-state index in [1.807, 2.05) is 13.0 Å². The van der Waals surface area contributed by atoms with Crippen molar-refractivity contribution in [1.82, 2.24) is 4.90 Å². The molecular formula is C25H27N3O6. The molecule has 2 heterocycles. The molecule has 0 atom stereocenters. The average Bonchev–Trinajstić information content (AvgIpc) is 2.78. The summed E-state index contributed by atoms with van der Waals surface area (Å²) in [5.41, 5.74) is 0.899. The van der Waals surface area contributed by atoms with E-state index in [4.69, 9.17) is 13.9 Å². The smallest absolute Gasteiger partial charge is 0.360 e. The number of hydrogen-bond donors (Lipinski definition) is 2. The first-order valence-corrected chi connectivity index (χ1v) is 11.1. The molecule has 9 heteroatoms. The highest BCUT2D eigenvalue weighted by Gasteiger charge is 2.20. The number of piperidine rings is 1. The Morgan fingerprint density at radius 2 is 1.85 bits per heavy atom. The molecule has 0 bridgehead atoms. The van der Waals surface area contributed by atoms with Crippen LogP contribution in [-0.2, 0) is 4.79 Å². The fourth-order valence-electron chi connectivity index (χ4n) is 3.89. The van der Waals surface area contributed by atoms with Gasteiger partial charge in [-0.3, -0.25) is 4.79 Å². The second kappa shape index (κ2) is 9.96. The highest BCUT2D eigenvalue weighted by Crippen LogP contribution is 2.30. The summed E-state index contributed by atoms with van der Waals surface area (Å²) in [6.07, 6.45) is 2.02. The minimum Gasteiger partial charge on any atom is -0.490 e. The van der Waals surface area contributed by atoms with Gasteiger partial charge < -0.3 is 29.4 Å². The van der Waals surface area contributed by atoms with Crippen molar-refractivity contribution in [3.05, 3.63) is 58.4 Å². The van der Waals surface area contributed by atoms with Crippen LogP contribution in [0.3, 0.4) is 0 Å². The Kier molecular flexibility index (Phi) is 6.83. The third-order valence-electron chi connectivity index (χ3n) is 5.66. The summed E-state index contributed by atoms with van der Waals surface area (Å²) in [6.45, 7) is 5.11. The highest BCUT2D eigenvalue weighted by molar-refractivity contribution is 6.00. The molecule has 3 aromatic rings. The normalized spacial score (nSPS) is 14.6. The second-order valence-corrected chi connectivity index (χ2v) is 8.38. The number of rotatable bonds is 5. The molecule has 178 valence electrons. The molecule has 2 N–H and O–H groups in total. The number of benzene rings is 2. The number of carbonyl (C=O) groups is 2. The summed E-state index contributed by atoms with van der Waals surface area (Å²) in [4.78, 5) is 38.4. The van der Waals surface area contributed by atoms with Crippen LogP contribution in [0.4, 0.5) is 16.2 Å². The summed E-state index contributed by atoms with van der Waals surface area (Å²) < 4.78 is 16.7. The lowest BCUT2D eigenvalue weighted by Crippen LogP contribution is -2.35. The molecule has 0 radical (unpaired) electrons. The van der Waals surface area contributed by atoms with Crippen LogP contribution in [0.25, 0.3) is 11.0 Å². The molecule has 0 spiro atoms. The summed E-state index contributed by atoms with van der Waals surface area (Å²) in [7, 11) is 2.10. The van der Waals surface area contributed by atoms with E-state index in [2.05, 4.69) is 22.6 Å². The van der Waals surface area contributed by atoms with Crippen molar-refractivity contribution < 1.29 is 23.5 Å². The molecule has 0 unspecified atom stereocenters. The third kappa shape index (κ3) is 5.55. The van der Waals surface area contributed by atoms with Gasteiger partial charge in [0.05, 0.1) is 0 Å². The molecule has 0 saturated carbocycles. The van der Waals surface area contributed by atoms with Gasteiger partial charge in [-0.1, -0.05) is 6.07 Å². The van der Waals surface area contributed by atoms with Crippen molar-refractivity contribution >= 4 is 34.3 Å². The van der Waals surface area contributed by atoms with Crippen LogP contribution in [0.2, 0.25) is 0 Å². The maximum Gasteiger partial charge on any atom is 0.360 e. The van der Waals surface area contributed by atoms with Crippen LogP contribution >= 0.6 is 0 Å². The molecule has 1 saturated heterocycles. The number of nitrogens with one attached hydrogen (secondary N) is 2. The van der Waals surface area contributed by atoms with E-state index in [9.17, 15) is 14.4 Å². The second-order valence-electron chi connectivity index (χ2n) is 8.38. The van der Waals surface area contributed by atoms with Crippen LogP contribution in [-0.4, -0.2) is 43.1 Å².